The Morgan fingerprint density at radius 1 is 1.46 bits per heavy atom. The minimum absolute atomic E-state index is 0.483. The Hall–Kier alpha value is -0.0800. The molecule has 1 aliphatic carbocycles. The van der Waals surface area contributed by atoms with E-state index in [2.05, 4.69) is 12.2 Å². The van der Waals surface area contributed by atoms with E-state index in [9.17, 15) is 0 Å². The molecule has 2 heteroatoms. The van der Waals surface area contributed by atoms with Gasteiger partial charge in [-0.2, -0.15) is 0 Å². The van der Waals surface area contributed by atoms with Crippen molar-refractivity contribution >= 4 is 0 Å². The Kier molecular flexibility index (Phi) is 2.89. The molecule has 76 valence electrons. The first kappa shape index (κ1) is 9.47. The second kappa shape index (κ2) is 3.97. The third-order valence-corrected chi connectivity index (χ3v) is 3.31. The SMILES string of the molecule is CCCC1(CNC2CC2)CCOC1. The normalized spacial score (nSPS) is 33.9. The standard InChI is InChI=1S/C11H21NO/c1-2-5-11(6-7-13-9-11)8-12-10-3-4-10/h10,12H,2-9H2,1H3. The van der Waals surface area contributed by atoms with Crippen molar-refractivity contribution in [1.29, 1.82) is 0 Å². The molecule has 0 aromatic carbocycles. The smallest absolute Gasteiger partial charge is 0.0535 e. The fraction of sp³-hybridized carbons (Fsp3) is 1.00. The predicted octanol–water partition coefficient (Wildman–Crippen LogP) is 1.95. The molecule has 1 unspecified atom stereocenters. The van der Waals surface area contributed by atoms with Gasteiger partial charge in [-0.25, -0.2) is 0 Å². The summed E-state index contributed by atoms with van der Waals surface area (Å²) in [5.41, 5.74) is 0.483. The molecule has 0 aromatic rings. The van der Waals surface area contributed by atoms with Crippen LogP contribution in [-0.2, 0) is 4.74 Å². The highest BCUT2D eigenvalue weighted by Gasteiger charge is 2.35. The number of hydrogen-bond acceptors (Lipinski definition) is 2. The molecule has 0 radical (unpaired) electrons. The zero-order chi connectivity index (χ0) is 9.15. The quantitative estimate of drug-likeness (QED) is 0.703. The summed E-state index contributed by atoms with van der Waals surface area (Å²) in [7, 11) is 0. The maximum absolute atomic E-state index is 5.53. The van der Waals surface area contributed by atoms with Gasteiger partial charge in [0, 0.05) is 24.6 Å². The fourth-order valence-corrected chi connectivity index (χ4v) is 2.25. The number of rotatable bonds is 5. The summed E-state index contributed by atoms with van der Waals surface area (Å²) >= 11 is 0. The topological polar surface area (TPSA) is 21.3 Å². The molecule has 0 aromatic heterocycles. The molecule has 1 aliphatic heterocycles. The van der Waals surface area contributed by atoms with E-state index in [1.165, 1.54) is 38.6 Å². The van der Waals surface area contributed by atoms with E-state index in [0.717, 1.165) is 19.3 Å². The molecule has 1 heterocycles. The summed E-state index contributed by atoms with van der Waals surface area (Å²) in [4.78, 5) is 0. The van der Waals surface area contributed by atoms with E-state index < -0.39 is 0 Å². The first-order valence-electron chi connectivity index (χ1n) is 5.66. The van der Waals surface area contributed by atoms with E-state index in [1.807, 2.05) is 0 Å². The van der Waals surface area contributed by atoms with Crippen molar-refractivity contribution in [1.82, 2.24) is 5.32 Å². The molecule has 2 nitrogen and oxygen atoms in total. The van der Waals surface area contributed by atoms with Gasteiger partial charge in [0.05, 0.1) is 6.61 Å². The van der Waals surface area contributed by atoms with Crippen LogP contribution in [0, 0.1) is 5.41 Å². The van der Waals surface area contributed by atoms with Crippen molar-refractivity contribution < 1.29 is 4.74 Å². The third-order valence-electron chi connectivity index (χ3n) is 3.31. The van der Waals surface area contributed by atoms with Crippen LogP contribution in [0.5, 0.6) is 0 Å². The number of ether oxygens (including phenoxy) is 1. The van der Waals surface area contributed by atoms with E-state index in [4.69, 9.17) is 4.74 Å². The van der Waals surface area contributed by atoms with Crippen LogP contribution < -0.4 is 5.32 Å². The lowest BCUT2D eigenvalue weighted by Gasteiger charge is -2.27. The van der Waals surface area contributed by atoms with Gasteiger partial charge in [0.1, 0.15) is 0 Å². The van der Waals surface area contributed by atoms with Crippen LogP contribution >= 0.6 is 0 Å². The molecular weight excluding hydrogens is 162 g/mol. The van der Waals surface area contributed by atoms with Gasteiger partial charge in [-0.05, 0) is 25.7 Å². The van der Waals surface area contributed by atoms with Crippen LogP contribution in [0.1, 0.15) is 39.0 Å². The zero-order valence-corrected chi connectivity index (χ0v) is 8.64. The molecule has 13 heavy (non-hydrogen) atoms. The molecular formula is C11H21NO. The van der Waals surface area contributed by atoms with E-state index in [0.29, 0.717) is 5.41 Å². The Labute approximate surface area is 81.0 Å². The molecule has 2 fully saturated rings. The number of hydrogen-bond donors (Lipinski definition) is 1. The lowest BCUT2D eigenvalue weighted by atomic mass is 9.82. The first-order valence-corrected chi connectivity index (χ1v) is 5.66. The average molecular weight is 183 g/mol. The highest BCUT2D eigenvalue weighted by Crippen LogP contribution is 2.34. The maximum atomic E-state index is 5.53. The highest BCUT2D eigenvalue weighted by atomic mass is 16.5. The zero-order valence-electron chi connectivity index (χ0n) is 8.64. The summed E-state index contributed by atoms with van der Waals surface area (Å²) in [6, 6.07) is 0.842. The van der Waals surface area contributed by atoms with Crippen LogP contribution in [0.2, 0.25) is 0 Å². The summed E-state index contributed by atoms with van der Waals surface area (Å²) in [6.07, 6.45) is 6.66. The van der Waals surface area contributed by atoms with Gasteiger partial charge in [0.2, 0.25) is 0 Å². The Morgan fingerprint density at radius 3 is 2.85 bits per heavy atom. The van der Waals surface area contributed by atoms with Crippen molar-refractivity contribution in [3.05, 3.63) is 0 Å². The largest absolute Gasteiger partial charge is 0.381 e. The van der Waals surface area contributed by atoms with Gasteiger partial charge in [-0.3, -0.25) is 0 Å². The Balaban J connectivity index is 1.79. The van der Waals surface area contributed by atoms with E-state index in [1.54, 1.807) is 0 Å². The second-order valence-corrected chi connectivity index (χ2v) is 4.71. The minimum Gasteiger partial charge on any atom is -0.381 e. The van der Waals surface area contributed by atoms with Crippen molar-refractivity contribution in [2.75, 3.05) is 19.8 Å². The van der Waals surface area contributed by atoms with Crippen LogP contribution in [0.3, 0.4) is 0 Å². The van der Waals surface area contributed by atoms with Crippen molar-refractivity contribution in [3.63, 3.8) is 0 Å². The van der Waals surface area contributed by atoms with Crippen molar-refractivity contribution in [3.8, 4) is 0 Å². The first-order chi connectivity index (χ1) is 6.35. The van der Waals surface area contributed by atoms with Crippen LogP contribution in [-0.4, -0.2) is 25.8 Å². The van der Waals surface area contributed by atoms with Gasteiger partial charge in [-0.15, -0.1) is 0 Å². The molecule has 0 spiro atoms. The molecule has 0 amide bonds. The lowest BCUT2D eigenvalue weighted by molar-refractivity contribution is 0.143. The summed E-state index contributed by atoms with van der Waals surface area (Å²) < 4.78 is 5.53. The Morgan fingerprint density at radius 2 is 2.31 bits per heavy atom. The third kappa shape index (κ3) is 2.44. The lowest BCUT2D eigenvalue weighted by Crippen LogP contribution is -2.35. The molecule has 2 aliphatic rings. The summed E-state index contributed by atoms with van der Waals surface area (Å²) in [5.74, 6) is 0. The van der Waals surface area contributed by atoms with E-state index in [-0.39, 0.29) is 0 Å². The van der Waals surface area contributed by atoms with Gasteiger partial charge < -0.3 is 10.1 Å². The summed E-state index contributed by atoms with van der Waals surface area (Å²) in [5, 5.41) is 3.64. The van der Waals surface area contributed by atoms with Crippen LogP contribution in [0.4, 0.5) is 0 Å². The van der Waals surface area contributed by atoms with Gasteiger partial charge in [0.25, 0.3) is 0 Å². The van der Waals surface area contributed by atoms with Crippen molar-refractivity contribution in [2.24, 2.45) is 5.41 Å². The predicted molar refractivity (Wildman–Crippen MR) is 53.8 cm³/mol. The van der Waals surface area contributed by atoms with Crippen molar-refractivity contribution in [2.45, 2.75) is 45.1 Å². The van der Waals surface area contributed by atoms with Crippen LogP contribution in [0.25, 0.3) is 0 Å². The summed E-state index contributed by atoms with van der Waals surface area (Å²) in [6.45, 7) is 5.43. The highest BCUT2D eigenvalue weighted by molar-refractivity contribution is 4.89. The Bertz CT molecular complexity index is 159. The fourth-order valence-electron chi connectivity index (χ4n) is 2.25. The maximum Gasteiger partial charge on any atom is 0.0535 e. The average Bonchev–Trinajstić information content (AvgIpc) is 2.85. The molecule has 0 bridgehead atoms. The molecule has 1 atom stereocenters. The minimum atomic E-state index is 0.483. The molecule has 1 saturated carbocycles. The van der Waals surface area contributed by atoms with Gasteiger partial charge in [-0.1, -0.05) is 13.3 Å². The molecule has 1 saturated heterocycles. The number of nitrogens with one attached hydrogen (secondary N) is 1. The second-order valence-electron chi connectivity index (χ2n) is 4.71. The van der Waals surface area contributed by atoms with Gasteiger partial charge >= 0.3 is 0 Å². The van der Waals surface area contributed by atoms with E-state index >= 15 is 0 Å². The monoisotopic (exact) mass is 183 g/mol. The van der Waals surface area contributed by atoms with Crippen LogP contribution in [0.15, 0.2) is 0 Å². The molecule has 1 N–H and O–H groups in total. The molecule has 2 rings (SSSR count). The van der Waals surface area contributed by atoms with Gasteiger partial charge in [0.15, 0.2) is 0 Å².